The van der Waals surface area contributed by atoms with E-state index in [1.165, 1.54) is 21.0 Å². The minimum Gasteiger partial charge on any atom is -0.465 e. The number of thiophene rings is 1. The minimum atomic E-state index is -0.847. The number of hydrogen-bond donors (Lipinski definition) is 1. The largest absolute Gasteiger partial charge is 0.465 e. The van der Waals surface area contributed by atoms with Gasteiger partial charge >= 0.3 is 6.09 Å². The molecule has 1 fully saturated rings. The quantitative estimate of drug-likeness (QED) is 0.721. The van der Waals surface area contributed by atoms with Crippen molar-refractivity contribution in [2.75, 3.05) is 29.4 Å². The predicted octanol–water partition coefficient (Wildman–Crippen LogP) is 4.34. The van der Waals surface area contributed by atoms with Crippen LogP contribution in [0.15, 0.2) is 30.3 Å². The maximum Gasteiger partial charge on any atom is 0.409 e. The highest BCUT2D eigenvalue weighted by molar-refractivity contribution is 7.34. The smallest absolute Gasteiger partial charge is 0.409 e. The first-order chi connectivity index (χ1) is 13.1. The average molecular weight is 403 g/mol. The molecule has 1 aromatic carbocycles. The van der Waals surface area contributed by atoms with Gasteiger partial charge in [-0.3, -0.25) is 4.90 Å². The second-order valence-electron chi connectivity index (χ2n) is 7.23. The van der Waals surface area contributed by atoms with Crippen LogP contribution < -0.4 is 9.80 Å². The highest BCUT2D eigenvalue weighted by atomic mass is 35.5. The van der Waals surface area contributed by atoms with Gasteiger partial charge in [0.05, 0.1) is 29.4 Å². The third kappa shape index (κ3) is 2.47. The summed E-state index contributed by atoms with van der Waals surface area (Å²) in [6, 6.07) is 7.85. The number of para-hydroxylation sites is 1. The van der Waals surface area contributed by atoms with Crippen molar-refractivity contribution in [3.05, 3.63) is 51.4 Å². The molecule has 0 bridgehead atoms. The summed E-state index contributed by atoms with van der Waals surface area (Å²) in [6.07, 6.45) is 6.73. The Hall–Kier alpha value is -2.18. The summed E-state index contributed by atoms with van der Waals surface area (Å²) in [7, 11) is -0.00223. The maximum atomic E-state index is 11.9. The normalized spacial score (nSPS) is 21.2. The highest BCUT2D eigenvalue weighted by Crippen LogP contribution is 2.50. The molecule has 1 amide bonds. The van der Waals surface area contributed by atoms with E-state index in [0.29, 0.717) is 18.1 Å². The zero-order valence-corrected chi connectivity index (χ0v) is 16.6. The number of allylic oxidation sites excluding steroid dienone is 1. The summed E-state index contributed by atoms with van der Waals surface area (Å²) in [5.41, 5.74) is 3.78. The number of carbonyl (C=O) groups is 1. The van der Waals surface area contributed by atoms with Gasteiger partial charge in [-0.15, -0.1) is 0 Å². The molecule has 140 valence electrons. The Morgan fingerprint density at radius 3 is 2.85 bits per heavy atom. The molecule has 5 nitrogen and oxygen atoms in total. The van der Waals surface area contributed by atoms with Crippen molar-refractivity contribution in [3.8, 4) is 0 Å². The monoisotopic (exact) mass is 402 g/mol. The Labute approximate surface area is 166 Å². The van der Waals surface area contributed by atoms with Gasteiger partial charge in [-0.2, -0.15) is 0 Å². The molecule has 3 aliphatic rings. The van der Waals surface area contributed by atoms with E-state index < -0.39 is 6.09 Å². The van der Waals surface area contributed by atoms with Gasteiger partial charge < -0.3 is 14.9 Å². The lowest BCUT2D eigenvalue weighted by atomic mass is 10.1. The number of rotatable bonds is 1. The first kappa shape index (κ1) is 17.0. The molecule has 3 heterocycles. The Balaban J connectivity index is 1.67. The van der Waals surface area contributed by atoms with E-state index in [0.717, 1.165) is 25.2 Å². The van der Waals surface area contributed by atoms with Crippen LogP contribution in [0.2, 0.25) is 5.02 Å². The maximum absolute atomic E-state index is 11.9. The van der Waals surface area contributed by atoms with Crippen LogP contribution in [0.1, 0.15) is 16.0 Å². The summed E-state index contributed by atoms with van der Waals surface area (Å²) < 4.78 is 0. The number of amides is 1. The van der Waals surface area contributed by atoms with Gasteiger partial charge in [0.25, 0.3) is 0 Å². The lowest BCUT2D eigenvalue weighted by Crippen LogP contribution is -2.47. The minimum absolute atomic E-state index is 0.00223. The number of fused-ring (bicyclic) bond motifs is 5. The molecule has 7 heteroatoms. The van der Waals surface area contributed by atoms with Crippen LogP contribution in [0, 0.1) is 0 Å². The number of nitrogens with zero attached hydrogens (tertiary/aromatic N) is 3. The first-order valence-corrected chi connectivity index (χ1v) is 11.1. The lowest BCUT2D eigenvalue weighted by Gasteiger charge is -2.31. The predicted molar refractivity (Wildman–Crippen MR) is 111 cm³/mol. The van der Waals surface area contributed by atoms with E-state index >= 15 is 0 Å². The van der Waals surface area contributed by atoms with Crippen molar-refractivity contribution in [1.82, 2.24) is 4.90 Å². The summed E-state index contributed by atoms with van der Waals surface area (Å²) in [5.74, 6) is 0. The summed E-state index contributed by atoms with van der Waals surface area (Å²) in [6.45, 7) is 2.70. The molecule has 5 rings (SSSR count). The van der Waals surface area contributed by atoms with Crippen molar-refractivity contribution in [2.24, 2.45) is 6.26 Å². The fourth-order valence-electron chi connectivity index (χ4n) is 4.66. The van der Waals surface area contributed by atoms with Crippen LogP contribution in [0.3, 0.4) is 0 Å². The van der Waals surface area contributed by atoms with E-state index in [1.807, 2.05) is 24.3 Å². The van der Waals surface area contributed by atoms with Gasteiger partial charge in [-0.25, -0.2) is 4.79 Å². The SMILES string of the molecule is C[s+]1c2c(c3c1N1CCN(C(=O)O)C1CN(c1ccccc1Cl)C3)CC=C2. The Morgan fingerprint density at radius 1 is 1.26 bits per heavy atom. The molecule has 2 aromatic rings. The Kier molecular flexibility index (Phi) is 3.88. The van der Waals surface area contributed by atoms with Crippen LogP contribution in [0.25, 0.3) is 6.08 Å². The van der Waals surface area contributed by atoms with Gasteiger partial charge in [0.2, 0.25) is 5.00 Å². The van der Waals surface area contributed by atoms with Crippen molar-refractivity contribution in [1.29, 1.82) is 0 Å². The molecule has 0 radical (unpaired) electrons. The summed E-state index contributed by atoms with van der Waals surface area (Å²) in [5, 5.41) is 11.8. The molecular formula is C20H21ClN3O2S+. The number of hydrogen-bond acceptors (Lipinski definition) is 3. The van der Waals surface area contributed by atoms with Crippen LogP contribution in [-0.4, -0.2) is 41.9 Å². The lowest BCUT2D eigenvalue weighted by molar-refractivity contribution is 0.141. The second kappa shape index (κ2) is 6.17. The van der Waals surface area contributed by atoms with Crippen molar-refractivity contribution < 1.29 is 9.90 Å². The van der Waals surface area contributed by atoms with E-state index in [2.05, 4.69) is 28.2 Å². The fourth-order valence-corrected chi connectivity index (χ4v) is 7.12. The second-order valence-corrected chi connectivity index (χ2v) is 9.48. The molecule has 1 N–H and O–H groups in total. The Bertz CT molecular complexity index is 970. The van der Waals surface area contributed by atoms with E-state index in [1.54, 1.807) is 4.90 Å². The number of halogens is 1. The molecular weight excluding hydrogens is 382 g/mol. The third-order valence-electron chi connectivity index (χ3n) is 5.86. The van der Waals surface area contributed by atoms with Gasteiger partial charge in [-0.05, 0) is 24.6 Å². The third-order valence-corrected chi connectivity index (χ3v) is 8.29. The highest BCUT2D eigenvalue weighted by Gasteiger charge is 2.46. The molecule has 27 heavy (non-hydrogen) atoms. The zero-order chi connectivity index (χ0) is 18.7. The van der Waals surface area contributed by atoms with Gasteiger partial charge in [-0.1, -0.05) is 29.8 Å². The van der Waals surface area contributed by atoms with Crippen LogP contribution >= 0.6 is 22.1 Å². The molecule has 1 aromatic heterocycles. The summed E-state index contributed by atoms with van der Waals surface area (Å²) in [4.78, 5) is 19.5. The molecule has 2 aliphatic heterocycles. The molecule has 1 aliphatic carbocycles. The van der Waals surface area contributed by atoms with Gasteiger partial charge in [0.15, 0.2) is 4.88 Å². The van der Waals surface area contributed by atoms with Crippen molar-refractivity contribution in [3.63, 3.8) is 0 Å². The van der Waals surface area contributed by atoms with Crippen molar-refractivity contribution >= 4 is 44.9 Å². The average Bonchev–Trinajstić information content (AvgIpc) is 3.30. The first-order valence-electron chi connectivity index (χ1n) is 9.11. The molecule has 1 saturated heterocycles. The molecule has 2 atom stereocenters. The van der Waals surface area contributed by atoms with Gasteiger partial charge in [0, 0.05) is 29.1 Å². The fraction of sp³-hybridized carbons (Fsp3) is 0.350. The van der Waals surface area contributed by atoms with Crippen molar-refractivity contribution in [2.45, 2.75) is 19.1 Å². The van der Waals surface area contributed by atoms with Crippen LogP contribution in [0.4, 0.5) is 15.5 Å². The standard InChI is InChI=1S/C20H20ClN3O2S/c1-27-17-8-4-5-13(17)14-11-22(16-7-3-2-6-15(16)21)12-18-23(19(14)27)9-10-24(18)20(25)26/h2-4,6-8,18H,5,9-12H2,1H3/p+1. The Morgan fingerprint density at radius 2 is 2.07 bits per heavy atom. The number of benzene rings is 1. The zero-order valence-electron chi connectivity index (χ0n) is 15.1. The van der Waals surface area contributed by atoms with E-state index in [-0.39, 0.29) is 16.6 Å². The van der Waals surface area contributed by atoms with Crippen LogP contribution in [-0.2, 0) is 19.2 Å². The summed E-state index contributed by atoms with van der Waals surface area (Å²) >= 11 is 6.51. The van der Waals surface area contributed by atoms with Crippen LogP contribution in [0.5, 0.6) is 0 Å². The van der Waals surface area contributed by atoms with E-state index in [4.69, 9.17) is 11.6 Å². The van der Waals surface area contributed by atoms with Gasteiger partial charge in [0.1, 0.15) is 12.4 Å². The molecule has 0 saturated carbocycles. The number of anilines is 2. The molecule has 2 unspecified atom stereocenters. The van der Waals surface area contributed by atoms with E-state index in [9.17, 15) is 9.90 Å². The number of carboxylic acid groups (broad SMARTS) is 1. The molecule has 0 spiro atoms. The topological polar surface area (TPSA) is 47.0 Å².